The summed E-state index contributed by atoms with van der Waals surface area (Å²) in [4.78, 5) is 14.7. The number of hydrogen-bond donors (Lipinski definition) is 0. The van der Waals surface area contributed by atoms with E-state index in [9.17, 15) is 10.1 Å². The van der Waals surface area contributed by atoms with E-state index in [4.69, 9.17) is 14.7 Å². The first-order chi connectivity index (χ1) is 18.1. The minimum Gasteiger partial charge on any atom is -0.494 e. The number of hydrogen-bond acceptors (Lipinski definition) is 6. The lowest BCUT2D eigenvalue weighted by Crippen LogP contribution is -2.49. The third kappa shape index (κ3) is 6.14. The average molecular weight is 500 g/mol. The smallest absolute Gasteiger partial charge is 0.305 e. The number of likely N-dealkylation sites (tertiary alicyclic amines) is 1. The molecule has 37 heavy (non-hydrogen) atoms. The van der Waals surface area contributed by atoms with Crippen molar-refractivity contribution >= 4 is 5.97 Å². The Hall–Kier alpha value is -3.35. The molecule has 1 saturated carbocycles. The fraction of sp³-hybridized carbons (Fsp3) is 0.516. The van der Waals surface area contributed by atoms with Gasteiger partial charge in [0.05, 0.1) is 29.7 Å². The summed E-state index contributed by atoms with van der Waals surface area (Å²) >= 11 is 0. The zero-order valence-electron chi connectivity index (χ0n) is 21.8. The van der Waals surface area contributed by atoms with E-state index in [0.29, 0.717) is 18.6 Å². The van der Waals surface area contributed by atoms with Crippen LogP contribution in [-0.4, -0.2) is 43.2 Å². The van der Waals surface area contributed by atoms with E-state index >= 15 is 0 Å². The molecule has 6 heteroatoms. The standard InChI is InChI=1S/C31H37N3O3/c1-2-30(35)37-29-11-6-10-28(29)31(23-33,25-8-4-3-5-9-25)26-16-19-34(20-17-26)18-7-21-36-27-14-12-24(22-32)13-15-27/h3-5,8-9,12-15,26,28-29H,2,6-7,10-11,16-21H2,1H3/t28-,29-,31+/m0/s1. The first-order valence-corrected chi connectivity index (χ1v) is 13.6. The first-order valence-electron chi connectivity index (χ1n) is 13.6. The van der Waals surface area contributed by atoms with Crippen molar-refractivity contribution in [3.05, 3.63) is 65.7 Å². The van der Waals surface area contributed by atoms with Gasteiger partial charge in [-0.25, -0.2) is 0 Å². The number of ether oxygens (including phenoxy) is 2. The monoisotopic (exact) mass is 499 g/mol. The number of nitriles is 2. The van der Waals surface area contributed by atoms with Gasteiger partial charge in [-0.15, -0.1) is 0 Å². The molecule has 2 aromatic rings. The third-order valence-corrected chi connectivity index (χ3v) is 8.15. The number of carbonyl (C=O) groups excluding carboxylic acids is 1. The minimum absolute atomic E-state index is 0.0211. The van der Waals surface area contributed by atoms with Gasteiger partial charge in [0.25, 0.3) is 0 Å². The van der Waals surface area contributed by atoms with Gasteiger partial charge in [0.2, 0.25) is 0 Å². The zero-order valence-corrected chi connectivity index (χ0v) is 21.8. The number of rotatable bonds is 10. The molecule has 0 spiro atoms. The fourth-order valence-electron chi connectivity index (χ4n) is 6.26. The SMILES string of the molecule is CCC(=O)O[C@H]1CCC[C@@H]1[C@](C#N)(c1ccccc1)C1CCN(CCCOc2ccc(C#N)cc2)CC1. The van der Waals surface area contributed by atoms with Crippen LogP contribution in [0.5, 0.6) is 5.75 Å². The van der Waals surface area contributed by atoms with Crippen molar-refractivity contribution in [2.45, 2.75) is 63.4 Å². The molecule has 0 N–H and O–H groups in total. The summed E-state index contributed by atoms with van der Waals surface area (Å²) in [5.74, 6) is 0.855. The van der Waals surface area contributed by atoms with Crippen molar-refractivity contribution in [1.29, 1.82) is 10.5 Å². The predicted octanol–water partition coefficient (Wildman–Crippen LogP) is 5.62. The number of nitrogens with zero attached hydrogens (tertiary/aromatic N) is 3. The molecule has 2 fully saturated rings. The third-order valence-electron chi connectivity index (χ3n) is 8.15. The number of benzene rings is 2. The van der Waals surface area contributed by atoms with E-state index in [1.54, 1.807) is 12.1 Å². The molecule has 1 saturated heterocycles. The molecule has 3 atom stereocenters. The quantitative estimate of drug-likeness (QED) is 0.311. The van der Waals surface area contributed by atoms with Crippen LogP contribution >= 0.6 is 0 Å². The van der Waals surface area contributed by atoms with Crippen LogP contribution in [0.15, 0.2) is 54.6 Å². The van der Waals surface area contributed by atoms with Gasteiger partial charge in [0.15, 0.2) is 0 Å². The van der Waals surface area contributed by atoms with E-state index in [-0.39, 0.29) is 23.9 Å². The molecule has 0 aromatic heterocycles. The summed E-state index contributed by atoms with van der Waals surface area (Å²) in [7, 11) is 0. The molecule has 2 aromatic carbocycles. The lowest BCUT2D eigenvalue weighted by Gasteiger charge is -2.45. The zero-order chi connectivity index (χ0) is 26.1. The Morgan fingerprint density at radius 3 is 2.41 bits per heavy atom. The number of carbonyl (C=O) groups is 1. The van der Waals surface area contributed by atoms with Gasteiger partial charge in [-0.05, 0) is 87.4 Å². The van der Waals surface area contributed by atoms with Gasteiger partial charge >= 0.3 is 5.97 Å². The molecule has 6 nitrogen and oxygen atoms in total. The molecule has 1 heterocycles. The van der Waals surface area contributed by atoms with Gasteiger partial charge in [0.1, 0.15) is 11.9 Å². The van der Waals surface area contributed by atoms with Crippen LogP contribution in [0.25, 0.3) is 0 Å². The molecule has 0 amide bonds. The maximum atomic E-state index is 12.2. The van der Waals surface area contributed by atoms with Crippen LogP contribution in [-0.2, 0) is 14.9 Å². The molecule has 1 aliphatic carbocycles. The van der Waals surface area contributed by atoms with Gasteiger partial charge in [-0.1, -0.05) is 37.3 Å². The highest BCUT2D eigenvalue weighted by molar-refractivity contribution is 5.69. The topological polar surface area (TPSA) is 86.3 Å². The predicted molar refractivity (Wildman–Crippen MR) is 142 cm³/mol. The van der Waals surface area contributed by atoms with E-state index in [0.717, 1.165) is 69.5 Å². The maximum Gasteiger partial charge on any atom is 0.305 e. The number of esters is 1. The Morgan fingerprint density at radius 1 is 1.03 bits per heavy atom. The van der Waals surface area contributed by atoms with E-state index in [1.165, 1.54) is 0 Å². The van der Waals surface area contributed by atoms with Gasteiger partial charge < -0.3 is 14.4 Å². The molecule has 1 aliphatic heterocycles. The van der Waals surface area contributed by atoms with Crippen LogP contribution in [0.2, 0.25) is 0 Å². The van der Waals surface area contributed by atoms with E-state index < -0.39 is 5.41 Å². The molecule has 0 bridgehead atoms. The molecule has 194 valence electrons. The van der Waals surface area contributed by atoms with Crippen LogP contribution < -0.4 is 4.74 Å². The van der Waals surface area contributed by atoms with Crippen molar-refractivity contribution in [3.8, 4) is 17.9 Å². The van der Waals surface area contributed by atoms with E-state index in [2.05, 4.69) is 29.2 Å². The lowest BCUT2D eigenvalue weighted by atomic mass is 9.59. The molecule has 0 radical (unpaired) electrons. The van der Waals surface area contributed by atoms with Crippen LogP contribution in [0, 0.1) is 34.5 Å². The van der Waals surface area contributed by atoms with Gasteiger partial charge in [-0.3, -0.25) is 4.79 Å². The summed E-state index contributed by atoms with van der Waals surface area (Å²) < 4.78 is 11.7. The summed E-state index contributed by atoms with van der Waals surface area (Å²) in [6.07, 6.45) is 5.73. The Labute approximate surface area is 220 Å². The van der Waals surface area contributed by atoms with E-state index in [1.807, 2.05) is 37.3 Å². The largest absolute Gasteiger partial charge is 0.494 e. The summed E-state index contributed by atoms with van der Waals surface area (Å²) in [5, 5.41) is 19.7. The van der Waals surface area contributed by atoms with Gasteiger partial charge in [-0.2, -0.15) is 10.5 Å². The minimum atomic E-state index is -0.652. The van der Waals surface area contributed by atoms with Crippen molar-refractivity contribution in [2.75, 3.05) is 26.2 Å². The van der Waals surface area contributed by atoms with Crippen molar-refractivity contribution in [1.82, 2.24) is 4.90 Å². The Morgan fingerprint density at radius 2 is 1.76 bits per heavy atom. The molecule has 0 unspecified atom stereocenters. The summed E-state index contributed by atoms with van der Waals surface area (Å²) in [6, 6.07) is 22.4. The van der Waals surface area contributed by atoms with Crippen molar-refractivity contribution < 1.29 is 14.3 Å². The average Bonchev–Trinajstić information content (AvgIpc) is 3.41. The summed E-state index contributed by atoms with van der Waals surface area (Å²) in [5.41, 5.74) is 1.05. The molecular weight excluding hydrogens is 462 g/mol. The first kappa shape index (κ1) is 26.7. The van der Waals surface area contributed by atoms with Crippen LogP contribution in [0.3, 0.4) is 0 Å². The van der Waals surface area contributed by atoms with Crippen LogP contribution in [0.1, 0.15) is 63.0 Å². The fourth-order valence-corrected chi connectivity index (χ4v) is 6.26. The summed E-state index contributed by atoms with van der Waals surface area (Å²) in [6.45, 7) is 5.30. The maximum absolute atomic E-state index is 12.2. The Balaban J connectivity index is 1.39. The Bertz CT molecular complexity index is 1100. The molecular formula is C31H37N3O3. The highest BCUT2D eigenvalue weighted by Gasteiger charge is 2.53. The van der Waals surface area contributed by atoms with Crippen molar-refractivity contribution in [2.24, 2.45) is 11.8 Å². The van der Waals surface area contributed by atoms with Gasteiger partial charge in [0, 0.05) is 18.9 Å². The second-order valence-corrected chi connectivity index (χ2v) is 10.2. The second-order valence-electron chi connectivity index (χ2n) is 10.2. The second kappa shape index (κ2) is 12.7. The highest BCUT2D eigenvalue weighted by atomic mass is 16.5. The van der Waals surface area contributed by atoms with Crippen LogP contribution in [0.4, 0.5) is 0 Å². The normalized spacial score (nSPS) is 21.9. The number of piperidine rings is 1. The Kier molecular flexibility index (Phi) is 9.20. The highest BCUT2D eigenvalue weighted by Crippen LogP contribution is 2.50. The molecule has 4 rings (SSSR count). The van der Waals surface area contributed by atoms with Crippen molar-refractivity contribution in [3.63, 3.8) is 0 Å². The lowest BCUT2D eigenvalue weighted by molar-refractivity contribution is -0.151. The molecule has 2 aliphatic rings.